The summed E-state index contributed by atoms with van der Waals surface area (Å²) in [6.45, 7) is 4.58. The number of halogens is 1. The number of carbonyl (C=O) groups excluding carboxylic acids is 1. The largest absolute Gasteiger partial charge is 0.494 e. The minimum absolute atomic E-state index is 0. The lowest BCUT2D eigenvalue weighted by atomic mass is 10.1. The molecule has 0 saturated carbocycles. The number of hydrogen-bond donors (Lipinski definition) is 2. The Morgan fingerprint density at radius 1 is 1.33 bits per heavy atom. The van der Waals surface area contributed by atoms with Crippen LogP contribution in [0.15, 0.2) is 24.3 Å². The van der Waals surface area contributed by atoms with Crippen LogP contribution in [-0.4, -0.2) is 48.1 Å². The van der Waals surface area contributed by atoms with Crippen LogP contribution in [0.3, 0.4) is 0 Å². The zero-order chi connectivity index (χ0) is 16.7. The quantitative estimate of drug-likeness (QED) is 0.744. The van der Waals surface area contributed by atoms with Crippen molar-refractivity contribution in [2.45, 2.75) is 26.3 Å². The van der Waals surface area contributed by atoms with Crippen LogP contribution in [0.4, 0.5) is 0 Å². The second-order valence-electron chi connectivity index (χ2n) is 5.83. The zero-order valence-electron chi connectivity index (χ0n) is 13.9. The van der Waals surface area contributed by atoms with Gasteiger partial charge >= 0.3 is 5.97 Å². The summed E-state index contributed by atoms with van der Waals surface area (Å²) in [5, 5.41) is 11.8. The van der Waals surface area contributed by atoms with Gasteiger partial charge in [0.2, 0.25) is 5.91 Å². The van der Waals surface area contributed by atoms with Crippen LogP contribution in [-0.2, 0) is 16.1 Å². The first kappa shape index (κ1) is 20.3. The summed E-state index contributed by atoms with van der Waals surface area (Å²) in [7, 11) is 0. The summed E-state index contributed by atoms with van der Waals surface area (Å²) in [6.07, 6.45) is 1.58. The molecule has 0 bridgehead atoms. The number of amides is 1. The maximum atomic E-state index is 11.9. The van der Waals surface area contributed by atoms with E-state index in [1.807, 2.05) is 29.2 Å². The van der Waals surface area contributed by atoms with E-state index in [2.05, 4.69) is 12.2 Å². The monoisotopic (exact) mass is 356 g/mol. The number of aliphatic carboxylic acids is 1. The van der Waals surface area contributed by atoms with Crippen molar-refractivity contribution in [3.8, 4) is 5.75 Å². The van der Waals surface area contributed by atoms with Gasteiger partial charge in [-0.05, 0) is 37.1 Å². The number of carboxylic acid groups (broad SMARTS) is 1. The molecule has 1 atom stereocenters. The molecule has 0 aromatic heterocycles. The molecule has 2 rings (SSSR count). The molecule has 24 heavy (non-hydrogen) atoms. The molecule has 1 aliphatic rings. The molecular weight excluding hydrogens is 332 g/mol. The molecule has 1 heterocycles. The van der Waals surface area contributed by atoms with Crippen molar-refractivity contribution in [3.63, 3.8) is 0 Å². The Bertz CT molecular complexity index is 536. The highest BCUT2D eigenvalue weighted by Gasteiger charge is 2.28. The predicted molar refractivity (Wildman–Crippen MR) is 93.5 cm³/mol. The van der Waals surface area contributed by atoms with Crippen LogP contribution < -0.4 is 10.1 Å². The maximum absolute atomic E-state index is 11.9. The smallest absolute Gasteiger partial charge is 0.307 e. The van der Waals surface area contributed by atoms with Crippen molar-refractivity contribution in [3.05, 3.63) is 29.8 Å². The number of nitrogens with zero attached hydrogens (tertiary/aromatic N) is 1. The van der Waals surface area contributed by atoms with Crippen molar-refractivity contribution >= 4 is 24.3 Å². The lowest BCUT2D eigenvalue weighted by Gasteiger charge is -2.15. The van der Waals surface area contributed by atoms with E-state index in [9.17, 15) is 9.59 Å². The van der Waals surface area contributed by atoms with Gasteiger partial charge in [0.05, 0.1) is 19.1 Å². The van der Waals surface area contributed by atoms with Crippen LogP contribution in [0.1, 0.15) is 25.3 Å². The highest BCUT2D eigenvalue weighted by atomic mass is 35.5. The van der Waals surface area contributed by atoms with Crippen molar-refractivity contribution in [2.24, 2.45) is 5.92 Å². The van der Waals surface area contributed by atoms with Crippen molar-refractivity contribution in [2.75, 3.05) is 26.2 Å². The van der Waals surface area contributed by atoms with Gasteiger partial charge < -0.3 is 15.2 Å². The normalized spacial score (nSPS) is 17.1. The van der Waals surface area contributed by atoms with E-state index in [4.69, 9.17) is 9.84 Å². The van der Waals surface area contributed by atoms with Gasteiger partial charge in [0.1, 0.15) is 5.75 Å². The second-order valence-corrected chi connectivity index (χ2v) is 5.83. The van der Waals surface area contributed by atoms with Gasteiger partial charge in [-0.25, -0.2) is 0 Å². The molecule has 1 unspecified atom stereocenters. The Morgan fingerprint density at radius 3 is 2.62 bits per heavy atom. The van der Waals surface area contributed by atoms with Gasteiger partial charge in [-0.3, -0.25) is 14.5 Å². The molecule has 2 N–H and O–H groups in total. The van der Waals surface area contributed by atoms with E-state index in [0.717, 1.165) is 17.7 Å². The SMILES string of the molecule is CCCOc1ccc(CNC(=O)CN2CCC(C(=O)O)C2)cc1.Cl. The van der Waals surface area contributed by atoms with Crippen LogP contribution in [0, 0.1) is 5.92 Å². The summed E-state index contributed by atoms with van der Waals surface area (Å²) in [4.78, 5) is 24.7. The maximum Gasteiger partial charge on any atom is 0.307 e. The van der Waals surface area contributed by atoms with Crippen molar-refractivity contribution in [1.29, 1.82) is 0 Å². The van der Waals surface area contributed by atoms with Gasteiger partial charge in [0, 0.05) is 13.1 Å². The fourth-order valence-corrected chi connectivity index (χ4v) is 2.56. The van der Waals surface area contributed by atoms with Crippen LogP contribution in [0.25, 0.3) is 0 Å². The Labute approximate surface area is 148 Å². The highest BCUT2D eigenvalue weighted by molar-refractivity contribution is 5.85. The average Bonchev–Trinajstić information content (AvgIpc) is 3.00. The number of benzene rings is 1. The molecule has 0 spiro atoms. The molecule has 0 radical (unpaired) electrons. The second kappa shape index (κ2) is 10.2. The molecule has 0 aliphatic carbocycles. The number of carbonyl (C=O) groups is 2. The fourth-order valence-electron chi connectivity index (χ4n) is 2.56. The Balaban J connectivity index is 0.00000288. The fraction of sp³-hybridized carbons (Fsp3) is 0.529. The van der Waals surface area contributed by atoms with Gasteiger partial charge in [0.15, 0.2) is 0 Å². The molecule has 1 aromatic carbocycles. The molecule has 1 aliphatic heterocycles. The lowest BCUT2D eigenvalue weighted by molar-refractivity contribution is -0.141. The molecule has 1 aromatic rings. The molecule has 1 amide bonds. The van der Waals surface area contributed by atoms with Gasteiger partial charge in [0.25, 0.3) is 0 Å². The number of likely N-dealkylation sites (tertiary alicyclic amines) is 1. The van der Waals surface area contributed by atoms with Gasteiger partial charge in [-0.1, -0.05) is 19.1 Å². The summed E-state index contributed by atoms with van der Waals surface area (Å²) < 4.78 is 5.51. The van der Waals surface area contributed by atoms with E-state index in [-0.39, 0.29) is 30.8 Å². The van der Waals surface area contributed by atoms with E-state index in [0.29, 0.717) is 32.7 Å². The average molecular weight is 357 g/mol. The lowest BCUT2D eigenvalue weighted by Crippen LogP contribution is -2.36. The number of ether oxygens (including phenoxy) is 1. The van der Waals surface area contributed by atoms with Crippen LogP contribution in [0.2, 0.25) is 0 Å². The molecule has 134 valence electrons. The predicted octanol–water partition coefficient (Wildman–Crippen LogP) is 1.92. The summed E-state index contributed by atoms with van der Waals surface area (Å²) in [5.41, 5.74) is 1.01. The first-order valence-corrected chi connectivity index (χ1v) is 8.02. The Hall–Kier alpha value is -1.79. The summed E-state index contributed by atoms with van der Waals surface area (Å²) >= 11 is 0. The van der Waals surface area contributed by atoms with E-state index in [1.165, 1.54) is 0 Å². The van der Waals surface area contributed by atoms with Crippen LogP contribution in [0.5, 0.6) is 5.75 Å². The Kier molecular flexibility index (Phi) is 8.57. The molecule has 6 nitrogen and oxygen atoms in total. The summed E-state index contributed by atoms with van der Waals surface area (Å²) in [6, 6.07) is 7.66. The van der Waals surface area contributed by atoms with Gasteiger partial charge in [-0.15, -0.1) is 12.4 Å². The topological polar surface area (TPSA) is 78.9 Å². The van der Waals surface area contributed by atoms with E-state index in [1.54, 1.807) is 0 Å². The molecule has 1 saturated heterocycles. The minimum Gasteiger partial charge on any atom is -0.494 e. The number of rotatable bonds is 8. The highest BCUT2D eigenvalue weighted by Crippen LogP contribution is 2.16. The third-order valence-corrected chi connectivity index (χ3v) is 3.87. The van der Waals surface area contributed by atoms with Crippen LogP contribution >= 0.6 is 12.4 Å². The molecular formula is C17H25ClN2O4. The first-order valence-electron chi connectivity index (χ1n) is 8.02. The third-order valence-electron chi connectivity index (χ3n) is 3.87. The van der Waals surface area contributed by atoms with E-state index < -0.39 is 5.97 Å². The standard InChI is InChI=1S/C17H24N2O4.ClH/c1-2-9-23-15-5-3-13(4-6-15)10-18-16(20)12-19-8-7-14(11-19)17(21)22;/h3-6,14H,2,7-12H2,1H3,(H,18,20)(H,21,22);1H. The number of nitrogens with one attached hydrogen (secondary N) is 1. The molecule has 1 fully saturated rings. The minimum atomic E-state index is -0.779. The summed E-state index contributed by atoms with van der Waals surface area (Å²) in [5.74, 6) is -0.377. The zero-order valence-corrected chi connectivity index (χ0v) is 14.7. The van der Waals surface area contributed by atoms with Crippen molar-refractivity contribution < 1.29 is 19.4 Å². The number of carboxylic acids is 1. The van der Waals surface area contributed by atoms with E-state index >= 15 is 0 Å². The Morgan fingerprint density at radius 2 is 2.04 bits per heavy atom. The third kappa shape index (κ3) is 6.37. The van der Waals surface area contributed by atoms with Crippen molar-refractivity contribution in [1.82, 2.24) is 10.2 Å². The molecule has 7 heteroatoms. The first-order chi connectivity index (χ1) is 11.1. The van der Waals surface area contributed by atoms with Gasteiger partial charge in [-0.2, -0.15) is 0 Å². The number of hydrogen-bond acceptors (Lipinski definition) is 4.